The molecular weight excluding hydrogens is 304 g/mol. The van der Waals surface area contributed by atoms with Crippen molar-refractivity contribution in [1.29, 1.82) is 0 Å². The van der Waals surface area contributed by atoms with Gasteiger partial charge in [0.15, 0.2) is 0 Å². The molecule has 1 aliphatic carbocycles. The van der Waals surface area contributed by atoms with E-state index >= 15 is 0 Å². The van der Waals surface area contributed by atoms with Gasteiger partial charge >= 0.3 is 0 Å². The largest absolute Gasteiger partial charge is 0.494 e. The highest BCUT2D eigenvalue weighted by Crippen LogP contribution is 2.41. The Labute approximate surface area is 155 Å². The molecule has 0 N–H and O–H groups in total. The third-order valence-corrected chi connectivity index (χ3v) is 5.90. The van der Waals surface area contributed by atoms with Gasteiger partial charge in [-0.05, 0) is 61.1 Å². The topological polar surface area (TPSA) is 9.23 Å². The number of ether oxygens (including phenoxy) is 1. The van der Waals surface area contributed by atoms with Crippen molar-refractivity contribution in [2.75, 3.05) is 6.61 Å². The lowest BCUT2D eigenvalue weighted by Gasteiger charge is -2.34. The van der Waals surface area contributed by atoms with Crippen LogP contribution in [-0.4, -0.2) is 6.61 Å². The summed E-state index contributed by atoms with van der Waals surface area (Å²) in [5.74, 6) is 3.45. The summed E-state index contributed by atoms with van der Waals surface area (Å²) < 4.78 is 5.87. The van der Waals surface area contributed by atoms with Crippen LogP contribution in [0.5, 0.6) is 5.75 Å². The molecule has 1 nitrogen and oxygen atoms in total. The fraction of sp³-hybridized carbons (Fsp3) is 0.667. The molecule has 1 aliphatic rings. The molecule has 0 saturated heterocycles. The first-order chi connectivity index (χ1) is 12.3. The maximum atomic E-state index is 5.87. The number of unbranched alkanes of at least 4 members (excludes halogenated alkanes) is 2. The molecule has 1 unspecified atom stereocenters. The van der Waals surface area contributed by atoms with E-state index in [9.17, 15) is 0 Å². The number of benzene rings is 1. The van der Waals surface area contributed by atoms with E-state index in [0.717, 1.165) is 37.0 Å². The summed E-state index contributed by atoms with van der Waals surface area (Å²) in [4.78, 5) is 0. The summed E-state index contributed by atoms with van der Waals surface area (Å²) >= 11 is 0. The van der Waals surface area contributed by atoms with E-state index in [1.807, 2.05) is 0 Å². The summed E-state index contributed by atoms with van der Waals surface area (Å²) in [5, 5.41) is 0. The van der Waals surface area contributed by atoms with Gasteiger partial charge in [0.2, 0.25) is 0 Å². The zero-order valence-corrected chi connectivity index (χ0v) is 16.5. The van der Waals surface area contributed by atoms with Crippen LogP contribution in [0.3, 0.4) is 0 Å². The third-order valence-electron chi connectivity index (χ3n) is 5.90. The third kappa shape index (κ3) is 6.53. The number of hydrogen-bond donors (Lipinski definition) is 0. The molecule has 0 heterocycles. The Balaban J connectivity index is 1.92. The Morgan fingerprint density at radius 3 is 2.36 bits per heavy atom. The van der Waals surface area contributed by atoms with E-state index in [1.54, 1.807) is 0 Å². The van der Waals surface area contributed by atoms with Gasteiger partial charge < -0.3 is 4.74 Å². The second-order valence-electron chi connectivity index (χ2n) is 7.82. The summed E-state index contributed by atoms with van der Waals surface area (Å²) in [7, 11) is 0. The SMILES string of the molecule is C=CCC(c1ccc(OCCCCC)cc1)[C@H]1CC[C@H](CCC)CC1. The minimum Gasteiger partial charge on any atom is -0.494 e. The molecule has 0 bridgehead atoms. The molecule has 1 atom stereocenters. The Morgan fingerprint density at radius 2 is 1.76 bits per heavy atom. The van der Waals surface area contributed by atoms with Gasteiger partial charge in [0.1, 0.15) is 5.75 Å². The molecule has 0 amide bonds. The minimum atomic E-state index is 0.634. The average molecular weight is 343 g/mol. The van der Waals surface area contributed by atoms with E-state index < -0.39 is 0 Å². The number of rotatable bonds is 11. The predicted octanol–water partition coefficient (Wildman–Crippen LogP) is 7.52. The van der Waals surface area contributed by atoms with Gasteiger partial charge in [-0.2, -0.15) is 0 Å². The van der Waals surface area contributed by atoms with Gasteiger partial charge in [-0.25, -0.2) is 0 Å². The van der Waals surface area contributed by atoms with Crippen molar-refractivity contribution < 1.29 is 4.74 Å². The predicted molar refractivity (Wildman–Crippen MR) is 109 cm³/mol. The van der Waals surface area contributed by atoms with Crippen molar-refractivity contribution >= 4 is 0 Å². The highest BCUT2D eigenvalue weighted by atomic mass is 16.5. The first kappa shape index (κ1) is 20.1. The Kier molecular flexibility index (Phi) is 9.15. The zero-order chi connectivity index (χ0) is 17.9. The lowest BCUT2D eigenvalue weighted by atomic mass is 9.71. The molecule has 1 heteroatoms. The van der Waals surface area contributed by atoms with Gasteiger partial charge in [-0.3, -0.25) is 0 Å². The van der Waals surface area contributed by atoms with Crippen LogP contribution in [0, 0.1) is 11.8 Å². The number of allylic oxidation sites excluding steroid dienone is 1. The first-order valence-electron chi connectivity index (χ1n) is 10.6. The van der Waals surface area contributed by atoms with Gasteiger partial charge in [0.05, 0.1) is 6.61 Å². The summed E-state index contributed by atoms with van der Waals surface area (Å²) in [5.41, 5.74) is 1.47. The van der Waals surface area contributed by atoms with Crippen molar-refractivity contribution in [2.24, 2.45) is 11.8 Å². The fourth-order valence-corrected chi connectivity index (χ4v) is 4.42. The van der Waals surface area contributed by atoms with Crippen LogP contribution in [0.4, 0.5) is 0 Å². The van der Waals surface area contributed by atoms with E-state index in [0.29, 0.717) is 5.92 Å². The van der Waals surface area contributed by atoms with Crippen LogP contribution in [0.25, 0.3) is 0 Å². The quantitative estimate of drug-likeness (QED) is 0.298. The fourth-order valence-electron chi connectivity index (χ4n) is 4.42. The highest BCUT2D eigenvalue weighted by Gasteiger charge is 2.27. The summed E-state index contributed by atoms with van der Waals surface area (Å²) in [6.07, 6.45) is 15.2. The van der Waals surface area contributed by atoms with Gasteiger partial charge in [-0.1, -0.05) is 70.6 Å². The average Bonchev–Trinajstić information content (AvgIpc) is 2.65. The molecule has 0 aliphatic heterocycles. The zero-order valence-electron chi connectivity index (χ0n) is 16.5. The summed E-state index contributed by atoms with van der Waals surface area (Å²) in [6.45, 7) is 9.40. The molecule has 0 spiro atoms. The molecule has 0 aromatic heterocycles. The van der Waals surface area contributed by atoms with Crippen LogP contribution in [0.1, 0.15) is 89.5 Å². The normalized spacial score (nSPS) is 21.7. The Bertz CT molecular complexity index is 467. The molecule has 1 fully saturated rings. The second-order valence-corrected chi connectivity index (χ2v) is 7.82. The van der Waals surface area contributed by atoms with E-state index in [1.165, 1.54) is 56.9 Å². The minimum absolute atomic E-state index is 0.634. The first-order valence-corrected chi connectivity index (χ1v) is 10.6. The molecule has 140 valence electrons. The van der Waals surface area contributed by atoms with E-state index in [4.69, 9.17) is 4.74 Å². The maximum absolute atomic E-state index is 5.87. The van der Waals surface area contributed by atoms with Crippen molar-refractivity contribution in [3.63, 3.8) is 0 Å². The monoisotopic (exact) mass is 342 g/mol. The van der Waals surface area contributed by atoms with Crippen molar-refractivity contribution in [2.45, 2.75) is 84.0 Å². The van der Waals surface area contributed by atoms with Crippen LogP contribution in [0.15, 0.2) is 36.9 Å². The van der Waals surface area contributed by atoms with Crippen molar-refractivity contribution in [3.05, 3.63) is 42.5 Å². The summed E-state index contributed by atoms with van der Waals surface area (Å²) in [6, 6.07) is 8.92. The molecule has 1 saturated carbocycles. The van der Waals surface area contributed by atoms with Gasteiger partial charge in [0, 0.05) is 0 Å². The van der Waals surface area contributed by atoms with Crippen LogP contribution in [0.2, 0.25) is 0 Å². The standard InChI is InChI=1S/C24H38O/c1-4-7-8-19-25-23-17-15-22(16-18-23)24(10-6-3)21-13-11-20(9-5-2)12-14-21/h6,15-18,20-21,24H,3-5,7-14,19H2,1-2H3/t20-,21-,24?. The van der Waals surface area contributed by atoms with Crippen molar-refractivity contribution in [1.82, 2.24) is 0 Å². The highest BCUT2D eigenvalue weighted by molar-refractivity contribution is 5.30. The van der Waals surface area contributed by atoms with Crippen LogP contribution >= 0.6 is 0 Å². The van der Waals surface area contributed by atoms with Crippen molar-refractivity contribution in [3.8, 4) is 5.75 Å². The Hall–Kier alpha value is -1.24. The molecule has 2 rings (SSSR count). The molecule has 1 aromatic rings. The lowest BCUT2D eigenvalue weighted by molar-refractivity contribution is 0.232. The molecule has 0 radical (unpaired) electrons. The molecular formula is C24H38O. The number of hydrogen-bond acceptors (Lipinski definition) is 1. The van der Waals surface area contributed by atoms with E-state index in [2.05, 4.69) is 50.8 Å². The van der Waals surface area contributed by atoms with Gasteiger partial charge in [-0.15, -0.1) is 6.58 Å². The van der Waals surface area contributed by atoms with Gasteiger partial charge in [0.25, 0.3) is 0 Å². The second kappa shape index (κ2) is 11.4. The smallest absolute Gasteiger partial charge is 0.119 e. The molecule has 25 heavy (non-hydrogen) atoms. The van der Waals surface area contributed by atoms with Crippen LogP contribution in [-0.2, 0) is 0 Å². The van der Waals surface area contributed by atoms with E-state index in [-0.39, 0.29) is 0 Å². The maximum Gasteiger partial charge on any atom is 0.119 e. The lowest BCUT2D eigenvalue weighted by Crippen LogP contribution is -2.20. The van der Waals surface area contributed by atoms with Crippen LogP contribution < -0.4 is 4.74 Å². The Morgan fingerprint density at radius 1 is 1.04 bits per heavy atom. The molecule has 1 aromatic carbocycles.